The van der Waals surface area contributed by atoms with Crippen molar-refractivity contribution in [2.24, 2.45) is 0 Å². The monoisotopic (exact) mass is 268 g/mol. The minimum Gasteiger partial charge on any atom is -0.461 e. The maximum absolute atomic E-state index is 12.2. The molecule has 5 heteroatoms. The standard InChI is InChI=1S/C14H11F3O2/c1-3-10-8-11(12-6-4-9(2)18-12)5-7-13(10)19-14(15,16)17/h3-8H,1H2,2H3. The number of alkyl halides is 3. The number of hydrogen-bond donors (Lipinski definition) is 0. The molecule has 0 radical (unpaired) electrons. The quantitative estimate of drug-likeness (QED) is 0.798. The molecule has 2 nitrogen and oxygen atoms in total. The fourth-order valence-corrected chi connectivity index (χ4v) is 1.67. The lowest BCUT2D eigenvalue weighted by atomic mass is 10.1. The molecule has 0 amide bonds. The number of benzene rings is 1. The molecule has 19 heavy (non-hydrogen) atoms. The Hall–Kier alpha value is -2.17. The smallest absolute Gasteiger partial charge is 0.461 e. The van der Waals surface area contributed by atoms with Crippen LogP contribution >= 0.6 is 0 Å². The zero-order valence-electron chi connectivity index (χ0n) is 10.1. The highest BCUT2D eigenvalue weighted by Crippen LogP contribution is 2.31. The molecule has 0 aliphatic rings. The molecule has 2 aromatic rings. The van der Waals surface area contributed by atoms with E-state index in [4.69, 9.17) is 4.42 Å². The molecule has 0 saturated heterocycles. The van der Waals surface area contributed by atoms with Crippen molar-refractivity contribution in [1.82, 2.24) is 0 Å². The zero-order chi connectivity index (χ0) is 14.0. The van der Waals surface area contributed by atoms with Gasteiger partial charge in [0.2, 0.25) is 0 Å². The van der Waals surface area contributed by atoms with Gasteiger partial charge < -0.3 is 9.15 Å². The summed E-state index contributed by atoms with van der Waals surface area (Å²) in [6, 6.07) is 7.82. The molecule has 0 unspecified atom stereocenters. The van der Waals surface area contributed by atoms with Crippen molar-refractivity contribution in [1.29, 1.82) is 0 Å². The predicted octanol–water partition coefficient (Wildman–Crippen LogP) is 4.80. The van der Waals surface area contributed by atoms with Crippen LogP contribution < -0.4 is 4.74 Å². The third-order valence-electron chi connectivity index (χ3n) is 2.48. The molecule has 0 spiro atoms. The second kappa shape index (κ2) is 4.84. The maximum Gasteiger partial charge on any atom is 0.573 e. The third-order valence-corrected chi connectivity index (χ3v) is 2.48. The highest BCUT2D eigenvalue weighted by atomic mass is 19.4. The first-order valence-electron chi connectivity index (χ1n) is 5.48. The molecular weight excluding hydrogens is 257 g/mol. The van der Waals surface area contributed by atoms with Crippen molar-refractivity contribution < 1.29 is 22.3 Å². The van der Waals surface area contributed by atoms with E-state index in [0.29, 0.717) is 11.3 Å². The second-order valence-electron chi connectivity index (χ2n) is 3.91. The summed E-state index contributed by atoms with van der Waals surface area (Å²) in [6.45, 7) is 5.27. The molecule has 1 aromatic carbocycles. The average Bonchev–Trinajstić information content (AvgIpc) is 2.74. The first-order chi connectivity index (χ1) is 8.89. The Balaban J connectivity index is 2.38. The summed E-state index contributed by atoms with van der Waals surface area (Å²) < 4.78 is 46.0. The Morgan fingerprint density at radius 1 is 1.21 bits per heavy atom. The van der Waals surface area contributed by atoms with Crippen molar-refractivity contribution in [3.63, 3.8) is 0 Å². The number of aryl methyl sites for hydroxylation is 1. The van der Waals surface area contributed by atoms with E-state index in [2.05, 4.69) is 11.3 Å². The van der Waals surface area contributed by atoms with Gasteiger partial charge in [-0.2, -0.15) is 0 Å². The van der Waals surface area contributed by atoms with E-state index in [-0.39, 0.29) is 11.3 Å². The SMILES string of the molecule is C=Cc1cc(-c2ccc(C)o2)ccc1OC(F)(F)F. The topological polar surface area (TPSA) is 22.4 Å². The molecule has 1 aromatic heterocycles. The summed E-state index contributed by atoms with van der Waals surface area (Å²) in [4.78, 5) is 0. The Kier molecular flexibility index (Phi) is 3.38. The molecule has 0 bridgehead atoms. The van der Waals surface area contributed by atoms with Crippen LogP contribution in [0.3, 0.4) is 0 Å². The molecule has 0 aliphatic heterocycles. The summed E-state index contributed by atoms with van der Waals surface area (Å²) in [6.07, 6.45) is -3.42. The summed E-state index contributed by atoms with van der Waals surface area (Å²) in [5, 5.41) is 0. The minimum absolute atomic E-state index is 0.254. The Morgan fingerprint density at radius 2 is 1.95 bits per heavy atom. The van der Waals surface area contributed by atoms with E-state index >= 15 is 0 Å². The summed E-state index contributed by atoms with van der Waals surface area (Å²) in [7, 11) is 0. The molecule has 100 valence electrons. The highest BCUT2D eigenvalue weighted by Gasteiger charge is 2.31. The van der Waals surface area contributed by atoms with Gasteiger partial charge in [-0.1, -0.05) is 12.7 Å². The number of rotatable bonds is 3. The first-order valence-corrected chi connectivity index (χ1v) is 5.48. The zero-order valence-corrected chi connectivity index (χ0v) is 10.1. The largest absolute Gasteiger partial charge is 0.573 e. The van der Waals surface area contributed by atoms with Gasteiger partial charge in [0, 0.05) is 11.1 Å². The molecule has 0 fully saturated rings. The first kappa shape index (κ1) is 13.3. The van der Waals surface area contributed by atoms with Crippen LogP contribution in [0.5, 0.6) is 5.75 Å². The number of furan rings is 1. The molecule has 1 heterocycles. The van der Waals surface area contributed by atoms with E-state index in [1.807, 2.05) is 0 Å². The van der Waals surface area contributed by atoms with Crippen LogP contribution in [0.2, 0.25) is 0 Å². The Bertz CT molecular complexity index is 597. The molecule has 2 rings (SSSR count). The normalized spacial score (nSPS) is 11.4. The molecule has 0 atom stereocenters. The lowest BCUT2D eigenvalue weighted by Gasteiger charge is -2.12. The van der Waals surface area contributed by atoms with Gasteiger partial charge in [-0.3, -0.25) is 0 Å². The van der Waals surface area contributed by atoms with Crippen LogP contribution in [0.25, 0.3) is 17.4 Å². The van der Waals surface area contributed by atoms with Crippen LogP contribution in [-0.2, 0) is 0 Å². The van der Waals surface area contributed by atoms with Gasteiger partial charge in [-0.15, -0.1) is 13.2 Å². The average molecular weight is 268 g/mol. The Labute approximate surface area is 108 Å². The predicted molar refractivity (Wildman–Crippen MR) is 65.7 cm³/mol. The van der Waals surface area contributed by atoms with Crippen LogP contribution in [0.4, 0.5) is 13.2 Å². The van der Waals surface area contributed by atoms with Gasteiger partial charge >= 0.3 is 6.36 Å². The molecular formula is C14H11F3O2. The minimum atomic E-state index is -4.72. The van der Waals surface area contributed by atoms with Crippen molar-refractivity contribution >= 4 is 6.08 Å². The van der Waals surface area contributed by atoms with Crippen LogP contribution in [0.1, 0.15) is 11.3 Å². The Morgan fingerprint density at radius 3 is 2.47 bits per heavy atom. The van der Waals surface area contributed by atoms with Crippen LogP contribution in [0.15, 0.2) is 41.3 Å². The summed E-state index contributed by atoms with van der Waals surface area (Å²) in [5.41, 5.74) is 0.918. The van der Waals surface area contributed by atoms with E-state index < -0.39 is 6.36 Å². The van der Waals surface area contributed by atoms with Gasteiger partial charge in [0.15, 0.2) is 0 Å². The van der Waals surface area contributed by atoms with Crippen molar-refractivity contribution in [2.75, 3.05) is 0 Å². The summed E-state index contributed by atoms with van der Waals surface area (Å²) in [5.74, 6) is 1.03. The lowest BCUT2D eigenvalue weighted by Crippen LogP contribution is -2.17. The lowest BCUT2D eigenvalue weighted by molar-refractivity contribution is -0.274. The summed E-state index contributed by atoms with van der Waals surface area (Å²) >= 11 is 0. The molecule has 0 saturated carbocycles. The van der Waals surface area contributed by atoms with Crippen LogP contribution in [0, 0.1) is 6.92 Å². The third kappa shape index (κ3) is 3.19. The highest BCUT2D eigenvalue weighted by molar-refractivity contribution is 5.67. The van der Waals surface area contributed by atoms with Crippen molar-refractivity contribution in [3.05, 3.63) is 48.2 Å². The van der Waals surface area contributed by atoms with E-state index in [9.17, 15) is 13.2 Å². The van der Waals surface area contributed by atoms with Crippen molar-refractivity contribution in [3.8, 4) is 17.1 Å². The maximum atomic E-state index is 12.2. The van der Waals surface area contributed by atoms with Gasteiger partial charge in [0.05, 0.1) is 0 Å². The number of hydrogen-bond acceptors (Lipinski definition) is 2. The van der Waals surface area contributed by atoms with Crippen molar-refractivity contribution in [2.45, 2.75) is 13.3 Å². The van der Waals surface area contributed by atoms with Crippen LogP contribution in [-0.4, -0.2) is 6.36 Å². The van der Waals surface area contributed by atoms with Gasteiger partial charge in [0.25, 0.3) is 0 Å². The van der Waals surface area contributed by atoms with Gasteiger partial charge in [-0.25, -0.2) is 0 Å². The number of ether oxygens (including phenoxy) is 1. The fourth-order valence-electron chi connectivity index (χ4n) is 1.67. The van der Waals surface area contributed by atoms with Gasteiger partial charge in [0.1, 0.15) is 17.3 Å². The van der Waals surface area contributed by atoms with E-state index in [0.717, 1.165) is 5.76 Å². The second-order valence-corrected chi connectivity index (χ2v) is 3.91. The van der Waals surface area contributed by atoms with E-state index in [1.54, 1.807) is 19.1 Å². The number of halogens is 3. The van der Waals surface area contributed by atoms with Gasteiger partial charge in [-0.05, 0) is 37.3 Å². The molecule has 0 aliphatic carbocycles. The van der Waals surface area contributed by atoms with E-state index in [1.165, 1.54) is 24.3 Å². The fraction of sp³-hybridized carbons (Fsp3) is 0.143. The molecule has 0 N–H and O–H groups in total.